The Morgan fingerprint density at radius 2 is 2.00 bits per heavy atom. The molecule has 0 aromatic heterocycles. The van der Waals surface area contributed by atoms with Crippen LogP contribution in [-0.4, -0.2) is 42.1 Å². The Kier molecular flexibility index (Phi) is 5.26. The number of anilines is 1. The van der Waals surface area contributed by atoms with Crippen LogP contribution >= 0.6 is 0 Å². The van der Waals surface area contributed by atoms with Gasteiger partial charge in [0, 0.05) is 38.8 Å². The molecule has 3 atom stereocenters. The van der Waals surface area contributed by atoms with Crippen molar-refractivity contribution in [3.8, 4) is 0 Å². The van der Waals surface area contributed by atoms with Crippen LogP contribution < -0.4 is 4.90 Å². The van der Waals surface area contributed by atoms with E-state index in [1.807, 2.05) is 17.0 Å². The van der Waals surface area contributed by atoms with Crippen LogP contribution in [0.25, 0.3) is 0 Å². The first kappa shape index (κ1) is 17.4. The van der Waals surface area contributed by atoms with Crippen LogP contribution in [0.15, 0.2) is 18.2 Å². The Bertz CT molecular complexity index is 591. The van der Waals surface area contributed by atoms with Gasteiger partial charge in [0.2, 0.25) is 5.91 Å². The lowest BCUT2D eigenvalue weighted by Gasteiger charge is -2.35. The Labute approximate surface area is 145 Å². The average molecular weight is 330 g/mol. The maximum Gasteiger partial charge on any atom is 0.223 e. The number of hydrogen-bond acceptors (Lipinski definition) is 3. The van der Waals surface area contributed by atoms with Gasteiger partial charge in [-0.3, -0.25) is 4.79 Å². The van der Waals surface area contributed by atoms with Gasteiger partial charge < -0.3 is 14.9 Å². The molecule has 0 radical (unpaired) electrons. The molecule has 24 heavy (non-hydrogen) atoms. The summed E-state index contributed by atoms with van der Waals surface area (Å²) in [6.07, 6.45) is 2.55. The molecular formula is C20H30N2O2. The summed E-state index contributed by atoms with van der Waals surface area (Å²) in [6, 6.07) is 6.06. The molecule has 3 unspecified atom stereocenters. The molecule has 3 rings (SSSR count). The Balaban J connectivity index is 1.60. The molecule has 0 saturated carbocycles. The molecule has 0 spiro atoms. The van der Waals surface area contributed by atoms with Gasteiger partial charge in [0.05, 0.1) is 6.10 Å². The number of carbonyl (C=O) groups excluding carboxylic acids is 1. The van der Waals surface area contributed by atoms with Crippen LogP contribution in [0, 0.1) is 11.8 Å². The monoisotopic (exact) mass is 330 g/mol. The van der Waals surface area contributed by atoms with Gasteiger partial charge in [-0.15, -0.1) is 0 Å². The van der Waals surface area contributed by atoms with E-state index in [2.05, 4.69) is 24.8 Å². The van der Waals surface area contributed by atoms with Crippen LogP contribution in [0.1, 0.15) is 50.8 Å². The highest BCUT2D eigenvalue weighted by molar-refractivity contribution is 5.93. The van der Waals surface area contributed by atoms with Crippen molar-refractivity contribution < 1.29 is 9.90 Å². The summed E-state index contributed by atoms with van der Waals surface area (Å²) in [5.74, 6) is 1.60. The van der Waals surface area contributed by atoms with Gasteiger partial charge >= 0.3 is 0 Å². The summed E-state index contributed by atoms with van der Waals surface area (Å²) < 4.78 is 0. The van der Waals surface area contributed by atoms with Crippen LogP contribution in [0.3, 0.4) is 0 Å². The van der Waals surface area contributed by atoms with E-state index in [9.17, 15) is 9.90 Å². The van der Waals surface area contributed by atoms with E-state index < -0.39 is 6.10 Å². The second-order valence-electron chi connectivity index (χ2n) is 7.82. The van der Waals surface area contributed by atoms with Crippen LogP contribution in [0.4, 0.5) is 5.69 Å². The zero-order chi connectivity index (χ0) is 17.3. The molecule has 2 heterocycles. The van der Waals surface area contributed by atoms with Gasteiger partial charge in [-0.05, 0) is 48.3 Å². The Hall–Kier alpha value is -1.39. The van der Waals surface area contributed by atoms with Crippen LogP contribution in [0.2, 0.25) is 0 Å². The molecule has 2 aliphatic heterocycles. The minimum absolute atomic E-state index is 0.0930. The Morgan fingerprint density at radius 1 is 1.29 bits per heavy atom. The number of amides is 1. The molecule has 132 valence electrons. The molecule has 1 aromatic carbocycles. The van der Waals surface area contributed by atoms with E-state index in [0.717, 1.165) is 62.1 Å². The number of hydrogen-bond donors (Lipinski definition) is 1. The number of benzene rings is 1. The summed E-state index contributed by atoms with van der Waals surface area (Å²) in [6.45, 7) is 10.3. The number of piperidine rings is 1. The highest BCUT2D eigenvalue weighted by Gasteiger charge is 2.24. The highest BCUT2D eigenvalue weighted by Crippen LogP contribution is 2.31. The first-order valence-electron chi connectivity index (χ1n) is 9.25. The first-order valence-corrected chi connectivity index (χ1v) is 9.25. The van der Waals surface area contributed by atoms with Gasteiger partial charge in [0.25, 0.3) is 0 Å². The molecule has 1 saturated heterocycles. The molecule has 0 aliphatic carbocycles. The van der Waals surface area contributed by atoms with E-state index in [-0.39, 0.29) is 5.91 Å². The quantitative estimate of drug-likeness (QED) is 0.923. The predicted molar refractivity (Wildman–Crippen MR) is 97.1 cm³/mol. The number of aliphatic hydroxyl groups is 1. The number of rotatable bonds is 4. The lowest BCUT2D eigenvalue weighted by molar-refractivity contribution is -0.116. The molecule has 1 N–H and O–H groups in total. The SMILES string of the molecule is CC(=O)N1CCc2cc(C(O)CCN3CC(C)CC(C)C3)ccc21. The van der Waals surface area contributed by atoms with Crippen molar-refractivity contribution in [3.05, 3.63) is 29.3 Å². The second-order valence-corrected chi connectivity index (χ2v) is 7.82. The van der Waals surface area contributed by atoms with Crippen LogP contribution in [0.5, 0.6) is 0 Å². The smallest absolute Gasteiger partial charge is 0.223 e. The highest BCUT2D eigenvalue weighted by atomic mass is 16.3. The average Bonchev–Trinajstić information content (AvgIpc) is 2.95. The minimum Gasteiger partial charge on any atom is -0.388 e. The fraction of sp³-hybridized carbons (Fsp3) is 0.650. The zero-order valence-electron chi connectivity index (χ0n) is 15.2. The van der Waals surface area contributed by atoms with E-state index in [0.29, 0.717) is 0 Å². The van der Waals surface area contributed by atoms with Gasteiger partial charge in [-0.1, -0.05) is 26.0 Å². The first-order chi connectivity index (χ1) is 11.4. The van der Waals surface area contributed by atoms with E-state index in [4.69, 9.17) is 0 Å². The molecule has 2 aliphatic rings. The standard InChI is InChI=1S/C20H30N2O2/c1-14-10-15(2)13-21(12-14)8-7-20(24)18-4-5-19-17(11-18)6-9-22(19)16(3)23/h4-5,11,14-15,20,24H,6-10,12-13H2,1-3H3. The topological polar surface area (TPSA) is 43.8 Å². The van der Waals surface area contributed by atoms with Crippen molar-refractivity contribution >= 4 is 11.6 Å². The predicted octanol–water partition coefficient (Wildman–Crippen LogP) is 3.00. The molecule has 1 aromatic rings. The van der Waals surface area contributed by atoms with Crippen molar-refractivity contribution in [1.82, 2.24) is 4.90 Å². The number of aliphatic hydroxyl groups excluding tert-OH is 1. The number of fused-ring (bicyclic) bond motifs is 1. The summed E-state index contributed by atoms with van der Waals surface area (Å²) in [5.41, 5.74) is 3.18. The number of likely N-dealkylation sites (tertiary alicyclic amines) is 1. The van der Waals surface area contributed by atoms with E-state index >= 15 is 0 Å². The van der Waals surface area contributed by atoms with Crippen molar-refractivity contribution in [2.24, 2.45) is 11.8 Å². The number of carbonyl (C=O) groups is 1. The molecule has 1 fully saturated rings. The Morgan fingerprint density at radius 3 is 2.67 bits per heavy atom. The van der Waals surface area contributed by atoms with Crippen molar-refractivity contribution in [1.29, 1.82) is 0 Å². The van der Waals surface area contributed by atoms with E-state index in [1.165, 1.54) is 12.0 Å². The summed E-state index contributed by atoms with van der Waals surface area (Å²) in [5, 5.41) is 10.6. The van der Waals surface area contributed by atoms with Crippen LogP contribution in [-0.2, 0) is 11.2 Å². The second kappa shape index (κ2) is 7.24. The van der Waals surface area contributed by atoms with Crippen molar-refractivity contribution in [2.75, 3.05) is 31.1 Å². The zero-order valence-corrected chi connectivity index (χ0v) is 15.2. The third-order valence-electron chi connectivity index (χ3n) is 5.43. The normalized spacial score (nSPS) is 25.6. The molecule has 4 nitrogen and oxygen atoms in total. The molecule has 4 heteroatoms. The van der Waals surface area contributed by atoms with Crippen molar-refractivity contribution in [2.45, 2.75) is 46.1 Å². The lowest BCUT2D eigenvalue weighted by atomic mass is 9.91. The fourth-order valence-electron chi connectivity index (χ4n) is 4.40. The third kappa shape index (κ3) is 3.81. The fourth-order valence-corrected chi connectivity index (χ4v) is 4.40. The minimum atomic E-state index is -0.422. The maximum absolute atomic E-state index is 11.6. The number of nitrogens with zero attached hydrogens (tertiary/aromatic N) is 2. The summed E-state index contributed by atoms with van der Waals surface area (Å²) in [7, 11) is 0. The largest absolute Gasteiger partial charge is 0.388 e. The molecular weight excluding hydrogens is 300 g/mol. The molecule has 0 bridgehead atoms. The van der Waals surface area contributed by atoms with Gasteiger partial charge in [0.1, 0.15) is 0 Å². The van der Waals surface area contributed by atoms with Crippen molar-refractivity contribution in [3.63, 3.8) is 0 Å². The summed E-state index contributed by atoms with van der Waals surface area (Å²) >= 11 is 0. The van der Waals surface area contributed by atoms with Gasteiger partial charge in [0.15, 0.2) is 0 Å². The van der Waals surface area contributed by atoms with Gasteiger partial charge in [-0.25, -0.2) is 0 Å². The molecule has 1 amide bonds. The lowest BCUT2D eigenvalue weighted by Crippen LogP contribution is -2.39. The van der Waals surface area contributed by atoms with Gasteiger partial charge in [-0.2, -0.15) is 0 Å². The third-order valence-corrected chi connectivity index (χ3v) is 5.43. The maximum atomic E-state index is 11.6. The van der Waals surface area contributed by atoms with E-state index in [1.54, 1.807) is 6.92 Å². The summed E-state index contributed by atoms with van der Waals surface area (Å²) in [4.78, 5) is 15.9.